The number of rotatable bonds is 9. The van der Waals surface area contributed by atoms with E-state index in [-0.39, 0.29) is 11.9 Å². The minimum absolute atomic E-state index is 0.0686. The Bertz CT molecular complexity index is 235. The van der Waals surface area contributed by atoms with Gasteiger partial charge in [-0.3, -0.25) is 4.79 Å². The minimum atomic E-state index is -0.239. The summed E-state index contributed by atoms with van der Waals surface area (Å²) >= 11 is 0. The second kappa shape index (κ2) is 10.1. The molecule has 0 spiro atoms. The molecule has 1 saturated heterocycles. The number of nitrogens with one attached hydrogen (secondary N) is 1. The highest BCUT2D eigenvalue weighted by molar-refractivity contribution is 5.82. The third-order valence-corrected chi connectivity index (χ3v) is 2.95. The fourth-order valence-corrected chi connectivity index (χ4v) is 1.91. The Hall–Kier alpha value is -0.690. The third kappa shape index (κ3) is 6.33. The largest absolute Gasteiger partial charge is 0.380 e. The Morgan fingerprint density at radius 1 is 1.26 bits per heavy atom. The molecule has 1 N–H and O–H groups in total. The van der Waals surface area contributed by atoms with Gasteiger partial charge < -0.3 is 24.4 Å². The number of amides is 1. The van der Waals surface area contributed by atoms with Crippen LogP contribution in [-0.2, 0) is 19.0 Å². The standard InChI is InChI=1S/C13H26N2O4/c1-3-17-9-6-15(7-10-18-4-2)13(16)12-11-19-8-5-14-12/h12,14H,3-11H2,1-2H3. The summed E-state index contributed by atoms with van der Waals surface area (Å²) in [7, 11) is 0. The lowest BCUT2D eigenvalue weighted by atomic mass is 10.2. The molecule has 1 aliphatic rings. The summed E-state index contributed by atoms with van der Waals surface area (Å²) in [5, 5.41) is 3.18. The average molecular weight is 274 g/mol. The number of nitrogens with zero attached hydrogens (tertiary/aromatic N) is 1. The molecule has 1 heterocycles. The lowest BCUT2D eigenvalue weighted by Crippen LogP contribution is -2.53. The Labute approximate surface area is 115 Å². The fourth-order valence-electron chi connectivity index (χ4n) is 1.91. The van der Waals surface area contributed by atoms with Crippen LogP contribution in [0, 0.1) is 0 Å². The maximum absolute atomic E-state index is 12.4. The van der Waals surface area contributed by atoms with E-state index in [2.05, 4.69) is 5.32 Å². The van der Waals surface area contributed by atoms with Crippen molar-refractivity contribution in [1.82, 2.24) is 10.2 Å². The lowest BCUT2D eigenvalue weighted by Gasteiger charge is -2.30. The zero-order chi connectivity index (χ0) is 13.9. The number of ether oxygens (including phenoxy) is 3. The van der Waals surface area contributed by atoms with E-state index in [9.17, 15) is 4.79 Å². The maximum atomic E-state index is 12.4. The van der Waals surface area contributed by atoms with E-state index in [0.717, 1.165) is 6.54 Å². The molecule has 0 aromatic heterocycles. The average Bonchev–Trinajstić information content (AvgIpc) is 2.46. The fraction of sp³-hybridized carbons (Fsp3) is 0.923. The van der Waals surface area contributed by atoms with Crippen molar-refractivity contribution in [3.63, 3.8) is 0 Å². The zero-order valence-electron chi connectivity index (χ0n) is 12.0. The van der Waals surface area contributed by atoms with E-state index in [0.29, 0.717) is 52.7 Å². The van der Waals surface area contributed by atoms with E-state index in [1.807, 2.05) is 13.8 Å². The molecule has 1 atom stereocenters. The Morgan fingerprint density at radius 3 is 2.37 bits per heavy atom. The summed E-state index contributed by atoms with van der Waals surface area (Å²) in [6.45, 7) is 9.36. The highest BCUT2D eigenvalue weighted by Crippen LogP contribution is 2.01. The predicted molar refractivity (Wildman–Crippen MR) is 72.2 cm³/mol. The van der Waals surface area contributed by atoms with Gasteiger partial charge in [-0.05, 0) is 13.8 Å². The van der Waals surface area contributed by atoms with Crippen LogP contribution in [0.3, 0.4) is 0 Å². The maximum Gasteiger partial charge on any atom is 0.242 e. The summed E-state index contributed by atoms with van der Waals surface area (Å²) in [6.07, 6.45) is 0. The first-order valence-electron chi connectivity index (χ1n) is 7.05. The van der Waals surface area contributed by atoms with Gasteiger partial charge in [0.05, 0.1) is 26.4 Å². The topological polar surface area (TPSA) is 60.0 Å². The molecule has 1 rings (SSSR count). The minimum Gasteiger partial charge on any atom is -0.380 e. The summed E-state index contributed by atoms with van der Waals surface area (Å²) in [4.78, 5) is 14.1. The van der Waals surface area contributed by atoms with E-state index in [1.54, 1.807) is 4.90 Å². The van der Waals surface area contributed by atoms with Crippen LogP contribution in [0.4, 0.5) is 0 Å². The van der Waals surface area contributed by atoms with Crippen molar-refractivity contribution < 1.29 is 19.0 Å². The molecule has 112 valence electrons. The van der Waals surface area contributed by atoms with Gasteiger partial charge in [0.25, 0.3) is 0 Å². The molecule has 0 aliphatic carbocycles. The van der Waals surface area contributed by atoms with Crippen LogP contribution in [0.2, 0.25) is 0 Å². The van der Waals surface area contributed by atoms with Gasteiger partial charge in [-0.25, -0.2) is 0 Å². The second-order valence-corrected chi connectivity index (χ2v) is 4.30. The van der Waals surface area contributed by atoms with Crippen molar-refractivity contribution in [3.8, 4) is 0 Å². The SMILES string of the molecule is CCOCCN(CCOCC)C(=O)C1COCCN1. The molecule has 0 aromatic rings. The summed E-state index contributed by atoms with van der Waals surface area (Å²) in [5.74, 6) is 0.0686. The predicted octanol–water partition coefficient (Wildman–Crippen LogP) is -0.124. The smallest absolute Gasteiger partial charge is 0.242 e. The Balaban J connectivity index is 2.41. The molecule has 0 saturated carbocycles. The summed E-state index contributed by atoms with van der Waals surface area (Å²) < 4.78 is 16.0. The molecule has 19 heavy (non-hydrogen) atoms. The van der Waals surface area contributed by atoms with Gasteiger partial charge in [-0.1, -0.05) is 0 Å². The van der Waals surface area contributed by atoms with Gasteiger partial charge in [-0.2, -0.15) is 0 Å². The zero-order valence-corrected chi connectivity index (χ0v) is 12.0. The van der Waals surface area contributed by atoms with Crippen LogP contribution in [0.15, 0.2) is 0 Å². The van der Waals surface area contributed by atoms with Crippen molar-refractivity contribution >= 4 is 5.91 Å². The first-order valence-corrected chi connectivity index (χ1v) is 7.05. The van der Waals surface area contributed by atoms with E-state index in [1.165, 1.54) is 0 Å². The van der Waals surface area contributed by atoms with Crippen molar-refractivity contribution in [3.05, 3.63) is 0 Å². The molecule has 0 aromatic carbocycles. The van der Waals surface area contributed by atoms with E-state index in [4.69, 9.17) is 14.2 Å². The molecule has 6 heteroatoms. The van der Waals surface area contributed by atoms with Gasteiger partial charge >= 0.3 is 0 Å². The number of hydrogen-bond acceptors (Lipinski definition) is 5. The molecular formula is C13H26N2O4. The van der Waals surface area contributed by atoms with E-state index < -0.39 is 0 Å². The summed E-state index contributed by atoms with van der Waals surface area (Å²) in [5.41, 5.74) is 0. The number of hydrogen-bond donors (Lipinski definition) is 1. The first kappa shape index (κ1) is 16.4. The third-order valence-electron chi connectivity index (χ3n) is 2.95. The Kier molecular flexibility index (Phi) is 8.73. The quantitative estimate of drug-likeness (QED) is 0.594. The normalized spacial score (nSPS) is 19.4. The van der Waals surface area contributed by atoms with Crippen LogP contribution in [-0.4, -0.2) is 76.1 Å². The van der Waals surface area contributed by atoms with Gasteiger partial charge in [0, 0.05) is 32.8 Å². The van der Waals surface area contributed by atoms with Gasteiger partial charge in [0.15, 0.2) is 0 Å². The molecular weight excluding hydrogens is 248 g/mol. The van der Waals surface area contributed by atoms with Crippen LogP contribution >= 0.6 is 0 Å². The lowest BCUT2D eigenvalue weighted by molar-refractivity contribution is -0.137. The van der Waals surface area contributed by atoms with Gasteiger partial charge in [0.1, 0.15) is 6.04 Å². The molecule has 0 radical (unpaired) electrons. The highest BCUT2D eigenvalue weighted by Gasteiger charge is 2.25. The number of morpholine rings is 1. The monoisotopic (exact) mass is 274 g/mol. The Morgan fingerprint density at radius 2 is 1.89 bits per heavy atom. The molecule has 1 fully saturated rings. The molecule has 1 amide bonds. The molecule has 1 aliphatic heterocycles. The number of carbonyl (C=O) groups excluding carboxylic acids is 1. The summed E-state index contributed by atoms with van der Waals surface area (Å²) in [6, 6.07) is -0.239. The van der Waals surface area contributed by atoms with Gasteiger partial charge in [0.2, 0.25) is 5.91 Å². The van der Waals surface area contributed by atoms with Crippen LogP contribution in [0.25, 0.3) is 0 Å². The van der Waals surface area contributed by atoms with Crippen molar-refractivity contribution in [2.24, 2.45) is 0 Å². The molecule has 0 bridgehead atoms. The highest BCUT2D eigenvalue weighted by atomic mass is 16.5. The van der Waals surface area contributed by atoms with Crippen LogP contribution < -0.4 is 5.32 Å². The van der Waals surface area contributed by atoms with Crippen LogP contribution in [0.1, 0.15) is 13.8 Å². The number of carbonyl (C=O) groups is 1. The molecule has 1 unspecified atom stereocenters. The first-order chi connectivity index (χ1) is 9.29. The van der Waals surface area contributed by atoms with Crippen molar-refractivity contribution in [2.45, 2.75) is 19.9 Å². The van der Waals surface area contributed by atoms with Crippen LogP contribution in [0.5, 0.6) is 0 Å². The van der Waals surface area contributed by atoms with Crippen molar-refractivity contribution in [2.75, 3.05) is 59.3 Å². The van der Waals surface area contributed by atoms with E-state index >= 15 is 0 Å². The molecule has 6 nitrogen and oxygen atoms in total. The van der Waals surface area contributed by atoms with Gasteiger partial charge in [-0.15, -0.1) is 0 Å². The van der Waals surface area contributed by atoms with Crippen molar-refractivity contribution in [1.29, 1.82) is 0 Å². The second-order valence-electron chi connectivity index (χ2n) is 4.30.